The molecule has 0 saturated carbocycles. The molecule has 4 rings (SSSR count). The summed E-state index contributed by atoms with van der Waals surface area (Å²) in [5, 5.41) is 13.5. The van der Waals surface area contributed by atoms with E-state index in [2.05, 4.69) is 28.4 Å². The SMILES string of the molecule is N#Cc1cccc(CC(=O)N2CCN(c3cc(NCCN)c4ccccc4n3)CC2)c1. The van der Waals surface area contributed by atoms with Crippen LogP contribution in [0.15, 0.2) is 54.6 Å². The molecule has 1 fully saturated rings. The fourth-order valence-electron chi connectivity index (χ4n) is 3.90. The van der Waals surface area contributed by atoms with Crippen molar-refractivity contribution in [2.75, 3.05) is 49.5 Å². The molecule has 0 aliphatic carbocycles. The predicted octanol–water partition coefficient (Wildman–Crippen LogP) is 2.37. The van der Waals surface area contributed by atoms with Crippen LogP contribution in [0.3, 0.4) is 0 Å². The highest BCUT2D eigenvalue weighted by molar-refractivity contribution is 5.93. The van der Waals surface area contributed by atoms with Gasteiger partial charge in [-0.2, -0.15) is 5.26 Å². The van der Waals surface area contributed by atoms with E-state index in [1.807, 2.05) is 35.2 Å². The molecule has 1 aromatic heterocycles. The Kier molecular flexibility index (Phi) is 6.29. The summed E-state index contributed by atoms with van der Waals surface area (Å²) in [6.45, 7) is 4.01. The first-order valence-electron chi connectivity index (χ1n) is 10.5. The van der Waals surface area contributed by atoms with Crippen LogP contribution in [0.25, 0.3) is 10.9 Å². The van der Waals surface area contributed by atoms with Crippen LogP contribution in [0.1, 0.15) is 11.1 Å². The standard InChI is InChI=1S/C24H26N6O/c25-8-9-27-22-16-23(28-21-7-2-1-6-20(21)22)29-10-12-30(13-11-29)24(31)15-18-4-3-5-19(14-18)17-26/h1-7,14,16H,8-13,15,25H2,(H,27,28). The van der Waals surface area contributed by atoms with E-state index in [0.29, 0.717) is 38.2 Å². The van der Waals surface area contributed by atoms with E-state index in [4.69, 9.17) is 16.0 Å². The zero-order valence-corrected chi connectivity index (χ0v) is 17.4. The van der Waals surface area contributed by atoms with E-state index in [0.717, 1.165) is 41.1 Å². The summed E-state index contributed by atoms with van der Waals surface area (Å²) in [5.74, 6) is 0.999. The van der Waals surface area contributed by atoms with Gasteiger partial charge in [-0.15, -0.1) is 0 Å². The van der Waals surface area contributed by atoms with Gasteiger partial charge in [0.25, 0.3) is 0 Å². The Labute approximate surface area is 182 Å². The zero-order chi connectivity index (χ0) is 21.6. The van der Waals surface area contributed by atoms with Crippen LogP contribution in [-0.2, 0) is 11.2 Å². The van der Waals surface area contributed by atoms with Gasteiger partial charge in [-0.3, -0.25) is 4.79 Å². The van der Waals surface area contributed by atoms with Crippen LogP contribution in [-0.4, -0.2) is 55.1 Å². The quantitative estimate of drug-likeness (QED) is 0.643. The van der Waals surface area contributed by atoms with Gasteiger partial charge in [-0.05, 0) is 23.8 Å². The third-order valence-electron chi connectivity index (χ3n) is 5.53. The van der Waals surface area contributed by atoms with Crippen LogP contribution in [0, 0.1) is 11.3 Å². The molecule has 0 bridgehead atoms. The minimum Gasteiger partial charge on any atom is -0.383 e. The second-order valence-electron chi connectivity index (χ2n) is 7.62. The number of anilines is 2. The van der Waals surface area contributed by atoms with Crippen molar-refractivity contribution < 1.29 is 4.79 Å². The Morgan fingerprint density at radius 3 is 2.68 bits per heavy atom. The molecule has 3 N–H and O–H groups in total. The first-order valence-corrected chi connectivity index (χ1v) is 10.5. The minimum absolute atomic E-state index is 0.0894. The molecule has 0 unspecified atom stereocenters. The molecule has 0 atom stereocenters. The molecule has 31 heavy (non-hydrogen) atoms. The number of nitriles is 1. The molecule has 1 amide bonds. The highest BCUT2D eigenvalue weighted by Crippen LogP contribution is 2.27. The number of nitrogens with one attached hydrogen (secondary N) is 1. The van der Waals surface area contributed by atoms with Crippen LogP contribution in [0.4, 0.5) is 11.5 Å². The summed E-state index contributed by atoms with van der Waals surface area (Å²) in [6.07, 6.45) is 0.316. The normalized spacial score (nSPS) is 13.8. The van der Waals surface area contributed by atoms with Crippen molar-refractivity contribution in [3.8, 4) is 6.07 Å². The highest BCUT2D eigenvalue weighted by Gasteiger charge is 2.23. The van der Waals surface area contributed by atoms with E-state index >= 15 is 0 Å². The lowest BCUT2D eigenvalue weighted by Gasteiger charge is -2.35. The zero-order valence-electron chi connectivity index (χ0n) is 17.4. The molecular weight excluding hydrogens is 388 g/mol. The molecule has 0 radical (unpaired) electrons. The van der Waals surface area contributed by atoms with Crippen molar-refractivity contribution in [2.24, 2.45) is 5.73 Å². The topological polar surface area (TPSA) is 98.3 Å². The summed E-state index contributed by atoms with van der Waals surface area (Å²) in [4.78, 5) is 21.7. The molecule has 2 aromatic carbocycles. The lowest BCUT2D eigenvalue weighted by atomic mass is 10.1. The van der Waals surface area contributed by atoms with Gasteiger partial charge in [0.15, 0.2) is 0 Å². The Hall–Kier alpha value is -3.63. The fourth-order valence-corrected chi connectivity index (χ4v) is 3.90. The van der Waals surface area contributed by atoms with E-state index < -0.39 is 0 Å². The van der Waals surface area contributed by atoms with Crippen molar-refractivity contribution in [3.05, 3.63) is 65.7 Å². The third-order valence-corrected chi connectivity index (χ3v) is 5.53. The maximum atomic E-state index is 12.7. The first-order chi connectivity index (χ1) is 15.2. The number of nitrogens with zero attached hydrogens (tertiary/aromatic N) is 4. The Morgan fingerprint density at radius 1 is 1.10 bits per heavy atom. The summed E-state index contributed by atoms with van der Waals surface area (Å²) >= 11 is 0. The van der Waals surface area contributed by atoms with Crippen molar-refractivity contribution in [3.63, 3.8) is 0 Å². The van der Waals surface area contributed by atoms with Crippen molar-refractivity contribution in [1.82, 2.24) is 9.88 Å². The van der Waals surface area contributed by atoms with E-state index in [9.17, 15) is 4.79 Å². The number of para-hydroxylation sites is 1. The fraction of sp³-hybridized carbons (Fsp3) is 0.292. The number of benzene rings is 2. The molecule has 2 heterocycles. The van der Waals surface area contributed by atoms with Gasteiger partial charge in [-0.25, -0.2) is 4.98 Å². The Balaban J connectivity index is 1.44. The lowest BCUT2D eigenvalue weighted by Crippen LogP contribution is -2.49. The van der Waals surface area contributed by atoms with Crippen LogP contribution in [0.2, 0.25) is 0 Å². The number of amides is 1. The van der Waals surface area contributed by atoms with Gasteiger partial charge in [0, 0.05) is 56.4 Å². The number of nitrogens with two attached hydrogens (primary N) is 1. The number of hydrogen-bond donors (Lipinski definition) is 2. The second-order valence-corrected chi connectivity index (χ2v) is 7.62. The largest absolute Gasteiger partial charge is 0.383 e. The number of rotatable bonds is 6. The van der Waals surface area contributed by atoms with Gasteiger partial charge in [0.2, 0.25) is 5.91 Å². The van der Waals surface area contributed by atoms with Gasteiger partial charge >= 0.3 is 0 Å². The van der Waals surface area contributed by atoms with E-state index in [-0.39, 0.29) is 5.91 Å². The molecule has 7 heteroatoms. The monoisotopic (exact) mass is 414 g/mol. The number of carbonyl (C=O) groups is 1. The maximum absolute atomic E-state index is 12.7. The van der Waals surface area contributed by atoms with Crippen LogP contribution in [0.5, 0.6) is 0 Å². The predicted molar refractivity (Wildman–Crippen MR) is 123 cm³/mol. The van der Waals surface area contributed by atoms with Gasteiger partial charge in [-0.1, -0.05) is 30.3 Å². The highest BCUT2D eigenvalue weighted by atomic mass is 16.2. The molecule has 7 nitrogen and oxygen atoms in total. The average molecular weight is 415 g/mol. The maximum Gasteiger partial charge on any atom is 0.227 e. The number of aromatic nitrogens is 1. The average Bonchev–Trinajstić information content (AvgIpc) is 2.82. The molecule has 158 valence electrons. The molecular formula is C24H26N6O. The summed E-state index contributed by atoms with van der Waals surface area (Å²) in [5.41, 5.74) is 9.10. The lowest BCUT2D eigenvalue weighted by molar-refractivity contribution is -0.130. The number of pyridine rings is 1. The molecule has 1 aliphatic heterocycles. The van der Waals surface area contributed by atoms with Crippen molar-refractivity contribution >= 4 is 28.3 Å². The molecule has 3 aromatic rings. The van der Waals surface area contributed by atoms with Crippen LogP contribution >= 0.6 is 0 Å². The Morgan fingerprint density at radius 2 is 1.90 bits per heavy atom. The number of piperazine rings is 1. The second kappa shape index (κ2) is 9.45. The number of hydrogen-bond acceptors (Lipinski definition) is 6. The minimum atomic E-state index is 0.0894. The molecule has 0 spiro atoms. The number of fused-ring (bicyclic) bond motifs is 1. The molecule has 1 saturated heterocycles. The summed E-state index contributed by atoms with van der Waals surface area (Å²) in [6, 6.07) is 19.5. The van der Waals surface area contributed by atoms with E-state index in [1.165, 1.54) is 0 Å². The van der Waals surface area contributed by atoms with E-state index in [1.54, 1.807) is 12.1 Å². The third kappa shape index (κ3) is 4.76. The summed E-state index contributed by atoms with van der Waals surface area (Å²) < 4.78 is 0. The van der Waals surface area contributed by atoms with Crippen molar-refractivity contribution in [1.29, 1.82) is 5.26 Å². The smallest absolute Gasteiger partial charge is 0.227 e. The van der Waals surface area contributed by atoms with Crippen molar-refractivity contribution in [2.45, 2.75) is 6.42 Å². The first kappa shape index (κ1) is 20.6. The molecule has 1 aliphatic rings. The number of carbonyl (C=O) groups excluding carboxylic acids is 1. The summed E-state index contributed by atoms with van der Waals surface area (Å²) in [7, 11) is 0. The van der Waals surface area contributed by atoms with Gasteiger partial charge in [0.1, 0.15) is 5.82 Å². The Bertz CT molecular complexity index is 1110. The van der Waals surface area contributed by atoms with Gasteiger partial charge < -0.3 is 20.9 Å². The van der Waals surface area contributed by atoms with Crippen LogP contribution < -0.4 is 16.0 Å². The van der Waals surface area contributed by atoms with Gasteiger partial charge in [0.05, 0.1) is 23.6 Å².